The number of imidazole rings is 1. The Labute approximate surface area is 108 Å². The number of nitrogens with zero attached hydrogens (tertiary/aromatic N) is 4. The molecule has 0 radical (unpaired) electrons. The lowest BCUT2D eigenvalue weighted by Crippen LogP contribution is -2.19. The molecule has 6 nitrogen and oxygen atoms in total. The maximum absolute atomic E-state index is 8.78. The van der Waals surface area contributed by atoms with E-state index in [4.69, 9.17) is 10.9 Å². The smallest absolute Gasteiger partial charge is 0.206 e. The highest BCUT2D eigenvalue weighted by Crippen LogP contribution is 2.20. The summed E-state index contributed by atoms with van der Waals surface area (Å²) in [6.07, 6.45) is 5.02. The molecule has 0 unspecified atom stereocenters. The van der Waals surface area contributed by atoms with E-state index in [-0.39, 0.29) is 5.84 Å². The second kappa shape index (κ2) is 4.41. The summed E-state index contributed by atoms with van der Waals surface area (Å²) in [5, 5.41) is 13.8. The fraction of sp³-hybridized carbons (Fsp3) is 0. The number of nitrogens with two attached hydrogens (primary N) is 1. The van der Waals surface area contributed by atoms with Gasteiger partial charge >= 0.3 is 0 Å². The Balaban J connectivity index is 2.29. The number of benzene rings is 1. The quantitative estimate of drug-likeness (QED) is 0.313. The van der Waals surface area contributed by atoms with Crippen LogP contribution in [0.2, 0.25) is 0 Å². The molecule has 2 heterocycles. The van der Waals surface area contributed by atoms with Gasteiger partial charge in [0, 0.05) is 24.0 Å². The number of hydrogen-bond acceptors (Lipinski definition) is 4. The number of amidine groups is 1. The molecule has 94 valence electrons. The lowest BCUT2D eigenvalue weighted by molar-refractivity contribution is 0.318. The summed E-state index contributed by atoms with van der Waals surface area (Å²) in [5.41, 5.74) is 5.61. The zero-order valence-corrected chi connectivity index (χ0v) is 9.93. The fourth-order valence-electron chi connectivity index (χ4n) is 2.00. The zero-order chi connectivity index (χ0) is 13.2. The van der Waals surface area contributed by atoms with Crippen molar-refractivity contribution < 1.29 is 5.21 Å². The zero-order valence-electron chi connectivity index (χ0n) is 9.93. The maximum Gasteiger partial charge on any atom is 0.206 e. The van der Waals surface area contributed by atoms with E-state index in [0.717, 1.165) is 10.8 Å². The highest BCUT2D eigenvalue weighted by atomic mass is 16.4. The Kier molecular flexibility index (Phi) is 2.60. The number of oxime groups is 1. The predicted molar refractivity (Wildman–Crippen MR) is 71.4 cm³/mol. The Morgan fingerprint density at radius 3 is 2.84 bits per heavy atom. The lowest BCUT2D eigenvalue weighted by atomic mass is 10.1. The van der Waals surface area contributed by atoms with Crippen molar-refractivity contribution in [2.24, 2.45) is 10.9 Å². The fourth-order valence-corrected chi connectivity index (χ4v) is 2.00. The van der Waals surface area contributed by atoms with Gasteiger partial charge in [-0.1, -0.05) is 29.4 Å². The number of pyridine rings is 1. The van der Waals surface area contributed by atoms with Crippen molar-refractivity contribution >= 4 is 16.6 Å². The molecular weight excluding hydrogens is 242 g/mol. The van der Waals surface area contributed by atoms with Gasteiger partial charge in [0.25, 0.3) is 0 Å². The summed E-state index contributed by atoms with van der Waals surface area (Å²) in [6.45, 7) is 0. The van der Waals surface area contributed by atoms with Crippen LogP contribution in [0.15, 0.2) is 54.1 Å². The van der Waals surface area contributed by atoms with Gasteiger partial charge in [0.1, 0.15) is 5.82 Å². The van der Waals surface area contributed by atoms with E-state index in [1.54, 1.807) is 23.2 Å². The summed E-state index contributed by atoms with van der Waals surface area (Å²) < 4.78 is 1.69. The van der Waals surface area contributed by atoms with Gasteiger partial charge in [-0.05, 0) is 11.5 Å². The number of hydrogen-bond donors (Lipinski definition) is 2. The summed E-state index contributed by atoms with van der Waals surface area (Å²) >= 11 is 0. The van der Waals surface area contributed by atoms with Gasteiger partial charge in [0.15, 0.2) is 5.82 Å². The van der Waals surface area contributed by atoms with Crippen LogP contribution in [0.25, 0.3) is 16.6 Å². The van der Waals surface area contributed by atoms with Gasteiger partial charge in [-0.2, -0.15) is 0 Å². The van der Waals surface area contributed by atoms with E-state index in [9.17, 15) is 0 Å². The molecule has 6 heteroatoms. The first-order valence-electron chi connectivity index (χ1n) is 5.66. The van der Waals surface area contributed by atoms with Crippen LogP contribution in [0.4, 0.5) is 0 Å². The Morgan fingerprint density at radius 2 is 2.00 bits per heavy atom. The van der Waals surface area contributed by atoms with E-state index in [0.29, 0.717) is 11.6 Å². The first kappa shape index (κ1) is 11.2. The van der Waals surface area contributed by atoms with Crippen LogP contribution >= 0.6 is 0 Å². The average molecular weight is 253 g/mol. The van der Waals surface area contributed by atoms with Crippen LogP contribution in [0, 0.1) is 0 Å². The largest absolute Gasteiger partial charge is 0.409 e. The molecular formula is C13H11N5O. The number of fused-ring (bicyclic) bond motifs is 1. The molecule has 3 rings (SSSR count). The van der Waals surface area contributed by atoms with Gasteiger partial charge in [0.05, 0.1) is 0 Å². The second-order valence-corrected chi connectivity index (χ2v) is 3.96. The molecule has 0 fully saturated rings. The second-order valence-electron chi connectivity index (χ2n) is 3.96. The first-order valence-corrected chi connectivity index (χ1v) is 5.66. The lowest BCUT2D eigenvalue weighted by Gasteiger charge is -2.08. The van der Waals surface area contributed by atoms with Gasteiger partial charge < -0.3 is 10.9 Å². The standard InChI is InChI=1S/C13H11N5O/c14-11(17-19)13-16-7-8-18(13)12-10-4-2-1-3-9(10)5-6-15-12/h1-8,19H,(H2,14,17). The maximum atomic E-state index is 8.78. The molecule has 0 aliphatic carbocycles. The van der Waals surface area contributed by atoms with Crippen molar-refractivity contribution in [2.75, 3.05) is 0 Å². The summed E-state index contributed by atoms with van der Waals surface area (Å²) in [4.78, 5) is 8.43. The van der Waals surface area contributed by atoms with Gasteiger partial charge in [-0.3, -0.25) is 4.57 Å². The van der Waals surface area contributed by atoms with Crippen LogP contribution < -0.4 is 5.73 Å². The number of rotatable bonds is 2. The third-order valence-corrected chi connectivity index (χ3v) is 2.86. The van der Waals surface area contributed by atoms with Crippen molar-refractivity contribution in [3.8, 4) is 5.82 Å². The van der Waals surface area contributed by atoms with Crippen molar-refractivity contribution in [3.05, 3.63) is 54.7 Å². The molecule has 1 aromatic carbocycles. The third kappa shape index (κ3) is 1.79. The normalized spacial score (nSPS) is 11.9. The summed E-state index contributed by atoms with van der Waals surface area (Å²) in [5.74, 6) is 0.989. The monoisotopic (exact) mass is 253 g/mol. The number of aromatic nitrogens is 3. The van der Waals surface area contributed by atoms with Crippen LogP contribution in [-0.4, -0.2) is 25.6 Å². The van der Waals surface area contributed by atoms with Crippen molar-refractivity contribution in [1.82, 2.24) is 14.5 Å². The van der Waals surface area contributed by atoms with Crippen LogP contribution in [0.5, 0.6) is 0 Å². The summed E-state index contributed by atoms with van der Waals surface area (Å²) in [6, 6.07) is 9.80. The summed E-state index contributed by atoms with van der Waals surface area (Å²) in [7, 11) is 0. The highest BCUT2D eigenvalue weighted by molar-refractivity contribution is 5.95. The minimum Gasteiger partial charge on any atom is -0.409 e. The average Bonchev–Trinajstić information content (AvgIpc) is 2.95. The molecule has 0 spiro atoms. The molecule has 0 aliphatic rings. The molecule has 3 aromatic rings. The first-order chi connectivity index (χ1) is 9.31. The van der Waals surface area contributed by atoms with E-state index in [1.807, 2.05) is 30.3 Å². The SMILES string of the molecule is N/C(=N/O)c1nccn1-c1nccc2ccccc12. The van der Waals surface area contributed by atoms with Crippen molar-refractivity contribution in [1.29, 1.82) is 0 Å². The Hall–Kier alpha value is -2.89. The van der Waals surface area contributed by atoms with Gasteiger partial charge in [0.2, 0.25) is 5.84 Å². The molecule has 3 N–H and O–H groups in total. The van der Waals surface area contributed by atoms with Gasteiger partial charge in [-0.15, -0.1) is 0 Å². The molecule has 0 atom stereocenters. The van der Waals surface area contributed by atoms with E-state index >= 15 is 0 Å². The van der Waals surface area contributed by atoms with E-state index in [2.05, 4.69) is 15.1 Å². The predicted octanol–water partition coefficient (Wildman–Crippen LogP) is 1.51. The molecule has 0 amide bonds. The van der Waals surface area contributed by atoms with Crippen molar-refractivity contribution in [2.45, 2.75) is 0 Å². The van der Waals surface area contributed by atoms with E-state index in [1.165, 1.54) is 0 Å². The molecule has 0 saturated carbocycles. The molecule has 0 aliphatic heterocycles. The minimum atomic E-state index is -0.0558. The van der Waals surface area contributed by atoms with Crippen LogP contribution in [0.1, 0.15) is 5.82 Å². The molecule has 0 bridgehead atoms. The molecule has 0 saturated heterocycles. The van der Waals surface area contributed by atoms with Crippen molar-refractivity contribution in [3.63, 3.8) is 0 Å². The third-order valence-electron chi connectivity index (χ3n) is 2.86. The minimum absolute atomic E-state index is 0.0558. The molecule has 2 aromatic heterocycles. The molecule has 19 heavy (non-hydrogen) atoms. The topological polar surface area (TPSA) is 89.3 Å². The van der Waals surface area contributed by atoms with Crippen LogP contribution in [0.3, 0.4) is 0 Å². The highest BCUT2D eigenvalue weighted by Gasteiger charge is 2.12. The van der Waals surface area contributed by atoms with E-state index < -0.39 is 0 Å². The van der Waals surface area contributed by atoms with Gasteiger partial charge in [-0.25, -0.2) is 9.97 Å². The Bertz CT molecular complexity index is 757. The Morgan fingerprint density at radius 1 is 1.16 bits per heavy atom. The van der Waals surface area contributed by atoms with Crippen LogP contribution in [-0.2, 0) is 0 Å².